The fourth-order valence-electron chi connectivity index (χ4n) is 0.581. The van der Waals surface area contributed by atoms with Gasteiger partial charge >= 0.3 is 5.97 Å². The summed E-state index contributed by atoms with van der Waals surface area (Å²) in [5.74, 6) is 4.27. The second-order valence-electron chi connectivity index (χ2n) is 3.84. The molecule has 0 aromatic carbocycles. The van der Waals surface area contributed by atoms with Crippen molar-refractivity contribution in [1.82, 2.24) is 0 Å². The summed E-state index contributed by atoms with van der Waals surface area (Å²) in [7, 11) is 0. The molecule has 0 aliphatic rings. The Balaban J connectivity index is 3.37. The maximum Gasteiger partial charge on any atom is 0.334 e. The fraction of sp³-hybridized carbons (Fsp3) is 0.875. The molecule has 12 heavy (non-hydrogen) atoms. The molecular formula is C8H17NO3. The van der Waals surface area contributed by atoms with Crippen LogP contribution in [0.2, 0.25) is 0 Å². The van der Waals surface area contributed by atoms with Crippen LogP contribution < -0.4 is 5.90 Å². The zero-order valence-electron chi connectivity index (χ0n) is 7.92. The smallest absolute Gasteiger partial charge is 0.334 e. The number of hydrogen-bond acceptors (Lipinski definition) is 4. The summed E-state index contributed by atoms with van der Waals surface area (Å²) in [6.07, 6.45) is 0.837. The van der Waals surface area contributed by atoms with Crippen LogP contribution in [0.3, 0.4) is 0 Å². The molecule has 0 aliphatic heterocycles. The zero-order chi connectivity index (χ0) is 9.61. The van der Waals surface area contributed by atoms with Crippen molar-refractivity contribution in [3.63, 3.8) is 0 Å². The molecule has 0 aromatic heterocycles. The lowest BCUT2D eigenvalue weighted by Crippen LogP contribution is -2.18. The third-order valence-electron chi connectivity index (χ3n) is 1.32. The van der Waals surface area contributed by atoms with Crippen molar-refractivity contribution in [2.45, 2.75) is 27.2 Å². The maximum absolute atomic E-state index is 10.7. The Kier molecular flexibility index (Phi) is 4.85. The van der Waals surface area contributed by atoms with Crippen LogP contribution in [0.4, 0.5) is 0 Å². The van der Waals surface area contributed by atoms with Crippen molar-refractivity contribution < 1.29 is 14.4 Å². The average Bonchev–Trinajstić information content (AvgIpc) is 1.84. The van der Waals surface area contributed by atoms with Gasteiger partial charge in [-0.15, -0.1) is 0 Å². The highest BCUT2D eigenvalue weighted by molar-refractivity contribution is 5.70. The molecule has 4 heteroatoms. The number of carbonyl (C=O) groups excluding carboxylic acids is 1. The second kappa shape index (κ2) is 5.11. The standard InChI is InChI=1S/C8H17NO3/c1-8(2,3)4-5-11-7(10)6-12-9/h4-6,9H2,1-3H3. The number of ether oxygens (including phenoxy) is 1. The van der Waals surface area contributed by atoms with Crippen LogP contribution in [-0.2, 0) is 14.4 Å². The van der Waals surface area contributed by atoms with E-state index in [9.17, 15) is 4.79 Å². The molecule has 0 saturated carbocycles. The first-order valence-electron chi connectivity index (χ1n) is 3.93. The Bertz CT molecular complexity index is 140. The molecule has 0 aliphatic carbocycles. The monoisotopic (exact) mass is 175 g/mol. The van der Waals surface area contributed by atoms with Gasteiger partial charge in [0, 0.05) is 0 Å². The van der Waals surface area contributed by atoms with Crippen molar-refractivity contribution in [2.24, 2.45) is 11.3 Å². The van der Waals surface area contributed by atoms with Gasteiger partial charge in [-0.05, 0) is 11.8 Å². The van der Waals surface area contributed by atoms with Crippen LogP contribution in [0.1, 0.15) is 27.2 Å². The lowest BCUT2D eigenvalue weighted by Gasteiger charge is -2.17. The molecule has 0 rings (SSSR count). The van der Waals surface area contributed by atoms with E-state index in [0.717, 1.165) is 6.42 Å². The fourth-order valence-corrected chi connectivity index (χ4v) is 0.581. The van der Waals surface area contributed by atoms with Crippen LogP contribution in [0.5, 0.6) is 0 Å². The zero-order valence-corrected chi connectivity index (χ0v) is 7.92. The van der Waals surface area contributed by atoms with Gasteiger partial charge in [0.1, 0.15) is 0 Å². The molecule has 0 spiro atoms. The van der Waals surface area contributed by atoms with Crippen molar-refractivity contribution in [3.05, 3.63) is 0 Å². The lowest BCUT2D eigenvalue weighted by molar-refractivity contribution is -0.149. The van der Waals surface area contributed by atoms with E-state index in [2.05, 4.69) is 31.5 Å². The molecule has 0 aromatic rings. The van der Waals surface area contributed by atoms with Gasteiger partial charge in [-0.3, -0.25) is 4.84 Å². The first-order valence-corrected chi connectivity index (χ1v) is 3.93. The quantitative estimate of drug-likeness (QED) is 0.508. The summed E-state index contributed by atoms with van der Waals surface area (Å²) in [5, 5.41) is 0. The molecule has 0 heterocycles. The molecule has 4 nitrogen and oxygen atoms in total. The molecule has 0 saturated heterocycles. The lowest BCUT2D eigenvalue weighted by atomic mass is 9.93. The first kappa shape index (κ1) is 11.4. The van der Waals surface area contributed by atoms with Crippen molar-refractivity contribution in [2.75, 3.05) is 13.2 Å². The van der Waals surface area contributed by atoms with Crippen LogP contribution in [-0.4, -0.2) is 19.2 Å². The minimum absolute atomic E-state index is 0.176. The van der Waals surface area contributed by atoms with E-state index < -0.39 is 5.97 Å². The normalized spacial score (nSPS) is 11.3. The largest absolute Gasteiger partial charge is 0.464 e. The van der Waals surface area contributed by atoms with E-state index in [1.165, 1.54) is 0 Å². The molecule has 0 fully saturated rings. The van der Waals surface area contributed by atoms with Gasteiger partial charge in [-0.25, -0.2) is 10.7 Å². The highest BCUT2D eigenvalue weighted by Crippen LogP contribution is 2.17. The molecule has 0 unspecified atom stereocenters. The minimum atomic E-state index is -0.415. The highest BCUT2D eigenvalue weighted by Gasteiger charge is 2.11. The molecule has 0 atom stereocenters. The Labute approximate surface area is 73.0 Å². The summed E-state index contributed by atoms with van der Waals surface area (Å²) in [5.41, 5.74) is 0.184. The van der Waals surface area contributed by atoms with E-state index in [1.807, 2.05) is 0 Å². The van der Waals surface area contributed by atoms with Gasteiger partial charge in [0.15, 0.2) is 6.61 Å². The van der Waals surface area contributed by atoms with Gasteiger partial charge in [0.2, 0.25) is 0 Å². The molecule has 0 radical (unpaired) electrons. The predicted octanol–water partition coefficient (Wildman–Crippen LogP) is 0.856. The van der Waals surface area contributed by atoms with Gasteiger partial charge in [-0.1, -0.05) is 20.8 Å². The Morgan fingerprint density at radius 1 is 1.42 bits per heavy atom. The Hall–Kier alpha value is -0.610. The molecule has 0 amide bonds. The molecular weight excluding hydrogens is 158 g/mol. The van der Waals surface area contributed by atoms with Crippen LogP contribution in [0, 0.1) is 5.41 Å². The topological polar surface area (TPSA) is 61.5 Å². The SMILES string of the molecule is CC(C)(C)CCOC(=O)CON. The van der Waals surface area contributed by atoms with E-state index in [-0.39, 0.29) is 12.0 Å². The number of rotatable bonds is 4. The van der Waals surface area contributed by atoms with E-state index >= 15 is 0 Å². The Morgan fingerprint density at radius 2 is 2.00 bits per heavy atom. The number of hydrogen-bond donors (Lipinski definition) is 1. The van der Waals surface area contributed by atoms with Gasteiger partial charge in [0.05, 0.1) is 6.61 Å². The maximum atomic E-state index is 10.7. The van der Waals surface area contributed by atoms with Gasteiger partial charge in [0.25, 0.3) is 0 Å². The minimum Gasteiger partial charge on any atom is -0.464 e. The summed E-state index contributed by atoms with van der Waals surface area (Å²) >= 11 is 0. The predicted molar refractivity (Wildman–Crippen MR) is 45.2 cm³/mol. The van der Waals surface area contributed by atoms with Crippen LogP contribution >= 0.6 is 0 Å². The summed E-state index contributed by atoms with van der Waals surface area (Å²) in [6.45, 7) is 6.50. The number of esters is 1. The average molecular weight is 175 g/mol. The van der Waals surface area contributed by atoms with Crippen molar-refractivity contribution in [3.8, 4) is 0 Å². The van der Waals surface area contributed by atoms with E-state index in [4.69, 9.17) is 4.74 Å². The highest BCUT2D eigenvalue weighted by atomic mass is 16.6. The second-order valence-corrected chi connectivity index (χ2v) is 3.84. The van der Waals surface area contributed by atoms with Gasteiger partial charge in [-0.2, -0.15) is 0 Å². The number of nitrogens with two attached hydrogens (primary N) is 1. The molecule has 72 valence electrons. The van der Waals surface area contributed by atoms with E-state index in [1.54, 1.807) is 0 Å². The summed E-state index contributed by atoms with van der Waals surface area (Å²) in [4.78, 5) is 14.8. The number of carbonyl (C=O) groups is 1. The summed E-state index contributed by atoms with van der Waals surface area (Å²) in [6, 6.07) is 0. The van der Waals surface area contributed by atoms with Crippen molar-refractivity contribution >= 4 is 5.97 Å². The third-order valence-corrected chi connectivity index (χ3v) is 1.32. The van der Waals surface area contributed by atoms with Crippen LogP contribution in [0.15, 0.2) is 0 Å². The Morgan fingerprint density at radius 3 is 2.42 bits per heavy atom. The molecule has 2 N–H and O–H groups in total. The van der Waals surface area contributed by atoms with Crippen LogP contribution in [0.25, 0.3) is 0 Å². The molecule has 0 bridgehead atoms. The van der Waals surface area contributed by atoms with Crippen molar-refractivity contribution in [1.29, 1.82) is 0 Å². The first-order chi connectivity index (χ1) is 5.45. The third kappa shape index (κ3) is 7.50. The summed E-state index contributed by atoms with van der Waals surface area (Å²) < 4.78 is 4.81. The van der Waals surface area contributed by atoms with Gasteiger partial charge < -0.3 is 4.74 Å². The van der Waals surface area contributed by atoms with E-state index in [0.29, 0.717) is 6.61 Å².